The first-order valence-corrected chi connectivity index (χ1v) is 12.7. The van der Waals surface area contributed by atoms with Gasteiger partial charge in [0.25, 0.3) is 11.5 Å². The SMILES string of the molecule is Cc1ccc(NC(=O)c2cc(C(F)(F)F)ccn2)cc1-c1cc2cnc(=Nc3nccs3)nc-2n2c1NCC2. The summed E-state index contributed by atoms with van der Waals surface area (Å²) in [5.74, 6) is 0.839. The second kappa shape index (κ2) is 9.58. The number of amides is 1. The number of benzene rings is 1. The van der Waals surface area contributed by atoms with Crippen LogP contribution in [0.1, 0.15) is 21.6 Å². The number of fused-ring (bicyclic) bond motifs is 3. The molecule has 9 nitrogen and oxygen atoms in total. The van der Waals surface area contributed by atoms with E-state index in [1.165, 1.54) is 11.3 Å². The highest BCUT2D eigenvalue weighted by Crippen LogP contribution is 2.39. The minimum absolute atomic E-state index is 0.316. The first-order chi connectivity index (χ1) is 18.8. The number of carbonyl (C=O) groups excluding carboxylic acids is 1. The fourth-order valence-electron chi connectivity index (χ4n) is 4.39. The van der Waals surface area contributed by atoms with Crippen LogP contribution >= 0.6 is 11.3 Å². The third-order valence-corrected chi connectivity index (χ3v) is 6.88. The average Bonchev–Trinajstić information content (AvgIpc) is 3.62. The number of hydrogen-bond donors (Lipinski definition) is 2. The Morgan fingerprint density at radius 2 is 1.97 bits per heavy atom. The third-order valence-electron chi connectivity index (χ3n) is 6.21. The lowest BCUT2D eigenvalue weighted by atomic mass is 9.98. The van der Waals surface area contributed by atoms with Gasteiger partial charge >= 0.3 is 6.18 Å². The number of hydrogen-bond acceptors (Lipinski definition) is 8. The van der Waals surface area contributed by atoms with Crippen molar-refractivity contribution in [1.82, 2.24) is 24.5 Å². The van der Waals surface area contributed by atoms with Gasteiger partial charge in [0.2, 0.25) is 5.13 Å². The highest BCUT2D eigenvalue weighted by Gasteiger charge is 2.31. The second-order valence-electron chi connectivity index (χ2n) is 8.77. The van der Waals surface area contributed by atoms with Gasteiger partial charge in [-0.2, -0.15) is 23.1 Å². The quantitative estimate of drug-likeness (QED) is 0.322. The summed E-state index contributed by atoms with van der Waals surface area (Å²) in [7, 11) is 0. The first-order valence-electron chi connectivity index (χ1n) is 11.8. The summed E-state index contributed by atoms with van der Waals surface area (Å²) in [5, 5.41) is 8.49. The summed E-state index contributed by atoms with van der Waals surface area (Å²) in [5.41, 5.74) is 2.93. The van der Waals surface area contributed by atoms with Crippen LogP contribution in [0.3, 0.4) is 0 Å². The van der Waals surface area contributed by atoms with Crippen molar-refractivity contribution in [3.8, 4) is 22.5 Å². The Hall–Kier alpha value is -4.65. The van der Waals surface area contributed by atoms with Gasteiger partial charge in [-0.05, 0) is 48.4 Å². The number of carbonyl (C=O) groups is 1. The van der Waals surface area contributed by atoms with Gasteiger partial charge in [0.15, 0.2) is 0 Å². The van der Waals surface area contributed by atoms with Gasteiger partial charge in [0, 0.05) is 53.9 Å². The molecule has 0 spiro atoms. The molecule has 0 radical (unpaired) electrons. The van der Waals surface area contributed by atoms with E-state index in [0.29, 0.717) is 29.5 Å². The van der Waals surface area contributed by atoms with Gasteiger partial charge in [-0.15, -0.1) is 11.3 Å². The van der Waals surface area contributed by atoms with E-state index in [4.69, 9.17) is 0 Å². The number of alkyl halides is 3. The summed E-state index contributed by atoms with van der Waals surface area (Å²) in [6.07, 6.45) is -0.223. The van der Waals surface area contributed by atoms with Crippen molar-refractivity contribution in [3.05, 3.63) is 82.8 Å². The molecule has 0 aliphatic carbocycles. The highest BCUT2D eigenvalue weighted by atomic mass is 32.1. The zero-order chi connectivity index (χ0) is 27.1. The predicted molar refractivity (Wildman–Crippen MR) is 140 cm³/mol. The summed E-state index contributed by atoms with van der Waals surface area (Å²) >= 11 is 1.39. The van der Waals surface area contributed by atoms with Crippen molar-refractivity contribution in [2.24, 2.45) is 4.99 Å². The van der Waals surface area contributed by atoms with Crippen molar-refractivity contribution in [2.75, 3.05) is 17.2 Å². The number of aromatic nitrogens is 5. The van der Waals surface area contributed by atoms with Gasteiger partial charge in [-0.25, -0.2) is 9.97 Å². The van der Waals surface area contributed by atoms with Crippen molar-refractivity contribution in [3.63, 3.8) is 0 Å². The Morgan fingerprint density at radius 1 is 1.10 bits per heavy atom. The lowest BCUT2D eigenvalue weighted by Gasteiger charge is -2.19. The molecule has 1 amide bonds. The van der Waals surface area contributed by atoms with Crippen LogP contribution in [0.5, 0.6) is 0 Å². The van der Waals surface area contributed by atoms with Gasteiger partial charge in [0.05, 0.1) is 5.56 Å². The van der Waals surface area contributed by atoms with Crippen LogP contribution in [0.15, 0.2) is 65.4 Å². The van der Waals surface area contributed by atoms with Crippen molar-refractivity contribution in [1.29, 1.82) is 0 Å². The van der Waals surface area contributed by atoms with Crippen LogP contribution in [0.4, 0.5) is 29.8 Å². The third kappa shape index (κ3) is 4.83. The largest absolute Gasteiger partial charge is 0.416 e. The molecule has 3 aromatic rings. The maximum absolute atomic E-state index is 13.1. The second-order valence-corrected chi connectivity index (χ2v) is 9.64. The Balaban J connectivity index is 1.38. The van der Waals surface area contributed by atoms with E-state index < -0.39 is 17.6 Å². The van der Waals surface area contributed by atoms with Gasteiger partial charge in [0.1, 0.15) is 17.3 Å². The number of nitrogens with one attached hydrogen (secondary N) is 2. The van der Waals surface area contributed by atoms with E-state index in [1.54, 1.807) is 24.5 Å². The van der Waals surface area contributed by atoms with E-state index in [-0.39, 0.29) is 5.69 Å². The Morgan fingerprint density at radius 3 is 2.77 bits per heavy atom. The molecule has 3 aliphatic rings. The summed E-state index contributed by atoms with van der Waals surface area (Å²) in [6.45, 7) is 3.33. The molecular formula is C26H19F3N8OS. The molecule has 2 N–H and O–H groups in total. The van der Waals surface area contributed by atoms with E-state index in [1.807, 2.05) is 24.4 Å². The van der Waals surface area contributed by atoms with Crippen molar-refractivity contribution >= 4 is 33.9 Å². The summed E-state index contributed by atoms with van der Waals surface area (Å²) < 4.78 is 41.3. The monoisotopic (exact) mass is 548 g/mol. The zero-order valence-corrected chi connectivity index (χ0v) is 21.1. The fraction of sp³-hybridized carbons (Fsp3) is 0.154. The smallest absolute Gasteiger partial charge is 0.369 e. The minimum Gasteiger partial charge on any atom is -0.369 e. The Kier molecular flexibility index (Phi) is 6.06. The predicted octanol–water partition coefficient (Wildman–Crippen LogP) is 5.14. The molecule has 0 fully saturated rings. The molecular weight excluding hydrogens is 529 g/mol. The molecule has 6 rings (SSSR count). The average molecular weight is 549 g/mol. The molecule has 0 atom stereocenters. The number of thiazole rings is 1. The van der Waals surface area contributed by atoms with Crippen LogP contribution in [0.25, 0.3) is 22.5 Å². The van der Waals surface area contributed by atoms with Crippen molar-refractivity contribution < 1.29 is 18.0 Å². The molecule has 0 saturated carbocycles. The number of halogens is 3. The maximum Gasteiger partial charge on any atom is 0.416 e. The first kappa shape index (κ1) is 24.7. The Labute approximate surface area is 223 Å². The Bertz CT molecular complexity index is 1750. The minimum atomic E-state index is -4.57. The van der Waals surface area contributed by atoms with Gasteiger partial charge < -0.3 is 15.2 Å². The molecule has 3 aliphatic heterocycles. The van der Waals surface area contributed by atoms with Crippen LogP contribution < -0.4 is 16.3 Å². The van der Waals surface area contributed by atoms with Crippen molar-refractivity contribution in [2.45, 2.75) is 19.6 Å². The molecule has 39 heavy (non-hydrogen) atoms. The normalized spacial score (nSPS) is 13.4. The van der Waals surface area contributed by atoms with Crippen LogP contribution in [0, 0.1) is 6.92 Å². The van der Waals surface area contributed by atoms with Crippen LogP contribution in [0.2, 0.25) is 0 Å². The molecule has 0 saturated heterocycles. The molecule has 0 unspecified atom stereocenters. The standard InChI is InChI=1S/C26H19F3N8OS/c1-14-2-3-17(34-23(38)20-11-16(4-5-30-20)26(27,28)29)12-18(14)19-10-15-13-33-24(36-25-32-7-9-39-25)35-21(15)37-8-6-31-22(19)37/h2-5,7,9-13,31H,6,8H2,1H3,(H,34,38). The highest BCUT2D eigenvalue weighted by molar-refractivity contribution is 7.13. The number of pyridine rings is 2. The number of rotatable bonds is 4. The molecule has 2 aromatic heterocycles. The molecule has 13 heteroatoms. The van der Waals surface area contributed by atoms with E-state index in [9.17, 15) is 18.0 Å². The van der Waals surface area contributed by atoms with Crippen LogP contribution in [-0.4, -0.2) is 37.0 Å². The van der Waals surface area contributed by atoms with E-state index in [0.717, 1.165) is 52.2 Å². The molecule has 1 aromatic carbocycles. The lowest BCUT2D eigenvalue weighted by molar-refractivity contribution is -0.137. The molecule has 196 valence electrons. The summed E-state index contributed by atoms with van der Waals surface area (Å²) in [6, 6.07) is 8.85. The van der Waals surface area contributed by atoms with Gasteiger partial charge in [-0.3, -0.25) is 9.78 Å². The number of anilines is 2. The molecule has 5 heterocycles. The van der Waals surface area contributed by atoms with Gasteiger partial charge in [-0.1, -0.05) is 6.07 Å². The number of nitrogens with zero attached hydrogens (tertiary/aromatic N) is 6. The lowest BCUT2D eigenvalue weighted by Crippen LogP contribution is -2.17. The fourth-order valence-corrected chi connectivity index (χ4v) is 4.89. The number of aryl methyl sites for hydroxylation is 1. The zero-order valence-electron chi connectivity index (χ0n) is 20.3. The molecule has 0 bridgehead atoms. The maximum atomic E-state index is 13.1. The van der Waals surface area contributed by atoms with E-state index in [2.05, 4.69) is 40.1 Å². The topological polar surface area (TPSA) is 110 Å². The van der Waals surface area contributed by atoms with E-state index >= 15 is 0 Å². The summed E-state index contributed by atoms with van der Waals surface area (Å²) in [4.78, 5) is 34.2. The van der Waals surface area contributed by atoms with Crippen LogP contribution in [-0.2, 0) is 12.7 Å².